The summed E-state index contributed by atoms with van der Waals surface area (Å²) in [5.74, 6) is 0. The maximum Gasteiger partial charge on any atom is 0.186 e. The summed E-state index contributed by atoms with van der Waals surface area (Å²) >= 11 is 0. The van der Waals surface area contributed by atoms with E-state index in [1.807, 2.05) is 91.0 Å². The van der Waals surface area contributed by atoms with E-state index in [2.05, 4.69) is 0 Å². The van der Waals surface area contributed by atoms with Crippen LogP contribution < -0.4 is 0 Å². The molecule has 6 heteroatoms. The van der Waals surface area contributed by atoms with Crippen LogP contribution in [0.3, 0.4) is 0 Å². The van der Waals surface area contributed by atoms with Crippen molar-refractivity contribution in [3.63, 3.8) is 0 Å². The Kier molecular flexibility index (Phi) is 9.84. The molecule has 3 aromatic rings. The molecule has 0 amide bonds. The first-order valence-corrected chi connectivity index (χ1v) is 11.9. The fourth-order valence-electron chi connectivity index (χ4n) is 4.25. The molecule has 1 heterocycles. The van der Waals surface area contributed by atoms with E-state index in [0.29, 0.717) is 26.4 Å². The summed E-state index contributed by atoms with van der Waals surface area (Å²) in [6.45, 7) is 1.65. The Morgan fingerprint density at radius 3 is 1.54 bits per heavy atom. The van der Waals surface area contributed by atoms with Crippen LogP contribution in [0, 0.1) is 0 Å². The fraction of sp³-hybridized carbons (Fsp3) is 0.379. The van der Waals surface area contributed by atoms with Crippen LogP contribution in [-0.2, 0) is 48.2 Å². The third-order valence-electron chi connectivity index (χ3n) is 6.06. The zero-order chi connectivity index (χ0) is 24.3. The minimum atomic E-state index is -0.629. The van der Waals surface area contributed by atoms with Crippen LogP contribution in [-0.4, -0.2) is 51.5 Å². The molecule has 0 aromatic heterocycles. The van der Waals surface area contributed by atoms with Crippen molar-refractivity contribution in [1.29, 1.82) is 0 Å². The zero-order valence-corrected chi connectivity index (χ0v) is 20.3. The molecule has 6 nitrogen and oxygen atoms in total. The minimum Gasteiger partial charge on any atom is -0.376 e. The van der Waals surface area contributed by atoms with E-state index >= 15 is 0 Å². The molecule has 35 heavy (non-hydrogen) atoms. The lowest BCUT2D eigenvalue weighted by atomic mass is 9.98. The molecule has 1 aliphatic heterocycles. The topological polar surface area (TPSA) is 55.4 Å². The summed E-state index contributed by atoms with van der Waals surface area (Å²) < 4.78 is 36.7. The van der Waals surface area contributed by atoms with Crippen LogP contribution in [0.5, 0.6) is 0 Å². The maximum atomic E-state index is 6.43. The zero-order valence-electron chi connectivity index (χ0n) is 20.3. The van der Waals surface area contributed by atoms with Crippen molar-refractivity contribution in [3.05, 3.63) is 108 Å². The monoisotopic (exact) mass is 478 g/mol. The van der Waals surface area contributed by atoms with Crippen LogP contribution in [0.1, 0.15) is 16.7 Å². The summed E-state index contributed by atoms with van der Waals surface area (Å²) in [4.78, 5) is 0. The standard InChI is InChI=1S/C29H34O6/c1-30-26-25(21-32-18-22-12-6-3-7-13-22)35-29(31-2)28(34-20-24-16-10-5-11-17-24)27(26)33-19-23-14-8-4-9-15-23/h3-17,25-29H,18-21H2,1-2H3/t25-,26-,27+,28+,29+/m1/s1. The van der Waals surface area contributed by atoms with Crippen LogP contribution in [0.15, 0.2) is 91.0 Å². The number of hydrogen-bond acceptors (Lipinski definition) is 6. The highest BCUT2D eigenvalue weighted by atomic mass is 16.7. The summed E-state index contributed by atoms with van der Waals surface area (Å²) in [6, 6.07) is 30.1. The minimum absolute atomic E-state index is 0.337. The van der Waals surface area contributed by atoms with Gasteiger partial charge in [-0.1, -0.05) is 91.0 Å². The van der Waals surface area contributed by atoms with E-state index < -0.39 is 24.6 Å². The molecular weight excluding hydrogens is 444 g/mol. The van der Waals surface area contributed by atoms with Gasteiger partial charge < -0.3 is 28.4 Å². The van der Waals surface area contributed by atoms with E-state index in [1.165, 1.54) is 0 Å². The summed E-state index contributed by atoms with van der Waals surface area (Å²) in [7, 11) is 3.28. The van der Waals surface area contributed by atoms with Gasteiger partial charge in [0, 0.05) is 14.2 Å². The van der Waals surface area contributed by atoms with Gasteiger partial charge in [-0.3, -0.25) is 0 Å². The normalized spacial score (nSPS) is 24.3. The smallest absolute Gasteiger partial charge is 0.186 e. The molecule has 0 N–H and O–H groups in total. The quantitative estimate of drug-likeness (QED) is 0.374. The van der Waals surface area contributed by atoms with Crippen molar-refractivity contribution in [1.82, 2.24) is 0 Å². The molecule has 1 saturated heterocycles. The predicted molar refractivity (Wildman–Crippen MR) is 133 cm³/mol. The first-order chi connectivity index (χ1) is 17.3. The second-order valence-corrected chi connectivity index (χ2v) is 8.50. The summed E-state index contributed by atoms with van der Waals surface area (Å²) in [5.41, 5.74) is 3.23. The molecule has 0 spiro atoms. The molecule has 0 bridgehead atoms. The van der Waals surface area contributed by atoms with Gasteiger partial charge in [0.2, 0.25) is 0 Å². The molecule has 0 saturated carbocycles. The molecule has 0 aliphatic carbocycles. The van der Waals surface area contributed by atoms with Crippen LogP contribution in [0.2, 0.25) is 0 Å². The van der Waals surface area contributed by atoms with Gasteiger partial charge in [0.25, 0.3) is 0 Å². The van der Waals surface area contributed by atoms with Gasteiger partial charge in [-0.25, -0.2) is 0 Å². The van der Waals surface area contributed by atoms with E-state index in [0.717, 1.165) is 16.7 Å². The van der Waals surface area contributed by atoms with Crippen molar-refractivity contribution < 1.29 is 28.4 Å². The van der Waals surface area contributed by atoms with Crippen molar-refractivity contribution >= 4 is 0 Å². The second kappa shape index (κ2) is 13.5. The molecule has 186 valence electrons. The molecule has 5 atom stereocenters. The number of hydrogen-bond donors (Lipinski definition) is 0. The Hall–Kier alpha value is -2.58. The molecule has 3 aromatic carbocycles. The lowest BCUT2D eigenvalue weighted by Crippen LogP contribution is -2.61. The lowest BCUT2D eigenvalue weighted by Gasteiger charge is -2.45. The van der Waals surface area contributed by atoms with Crippen LogP contribution in [0.4, 0.5) is 0 Å². The second-order valence-electron chi connectivity index (χ2n) is 8.50. The SMILES string of the molecule is CO[C@H]1O[C@H](COCc2ccccc2)[C@@H](OC)[C@H](OCc2ccccc2)[C@@H]1OCc1ccccc1. The van der Waals surface area contributed by atoms with Gasteiger partial charge in [-0.2, -0.15) is 0 Å². The highest BCUT2D eigenvalue weighted by Gasteiger charge is 2.48. The average molecular weight is 479 g/mol. The van der Waals surface area contributed by atoms with Crippen LogP contribution in [0.25, 0.3) is 0 Å². The van der Waals surface area contributed by atoms with E-state index in [1.54, 1.807) is 14.2 Å². The van der Waals surface area contributed by atoms with Crippen molar-refractivity contribution in [2.24, 2.45) is 0 Å². The van der Waals surface area contributed by atoms with Gasteiger partial charge in [0.1, 0.15) is 24.4 Å². The van der Waals surface area contributed by atoms with Crippen molar-refractivity contribution in [3.8, 4) is 0 Å². The molecule has 0 unspecified atom stereocenters. The van der Waals surface area contributed by atoms with Gasteiger partial charge >= 0.3 is 0 Å². The third-order valence-corrected chi connectivity index (χ3v) is 6.06. The highest BCUT2D eigenvalue weighted by molar-refractivity contribution is 5.15. The van der Waals surface area contributed by atoms with E-state index in [4.69, 9.17) is 28.4 Å². The van der Waals surface area contributed by atoms with Gasteiger partial charge in [-0.15, -0.1) is 0 Å². The molecule has 1 fully saturated rings. The van der Waals surface area contributed by atoms with Gasteiger partial charge in [0.15, 0.2) is 6.29 Å². The Balaban J connectivity index is 1.48. The first-order valence-electron chi connectivity index (χ1n) is 11.9. The fourth-order valence-corrected chi connectivity index (χ4v) is 4.25. The lowest BCUT2D eigenvalue weighted by molar-refractivity contribution is -0.319. The van der Waals surface area contributed by atoms with Crippen LogP contribution >= 0.6 is 0 Å². The molecule has 1 aliphatic rings. The Morgan fingerprint density at radius 1 is 0.571 bits per heavy atom. The van der Waals surface area contributed by atoms with Crippen molar-refractivity contribution in [2.45, 2.75) is 50.5 Å². The van der Waals surface area contributed by atoms with Gasteiger partial charge in [0.05, 0.1) is 26.4 Å². The maximum absolute atomic E-state index is 6.43. The Labute approximate surface area is 207 Å². The summed E-state index contributed by atoms with van der Waals surface area (Å²) in [5, 5.41) is 0. The van der Waals surface area contributed by atoms with Crippen molar-refractivity contribution in [2.75, 3.05) is 20.8 Å². The Morgan fingerprint density at radius 2 is 1.06 bits per heavy atom. The Bertz CT molecular complexity index is 968. The largest absolute Gasteiger partial charge is 0.376 e. The van der Waals surface area contributed by atoms with E-state index in [9.17, 15) is 0 Å². The number of ether oxygens (including phenoxy) is 6. The average Bonchev–Trinajstić information content (AvgIpc) is 2.92. The summed E-state index contributed by atoms with van der Waals surface area (Å²) in [6.07, 6.45) is -2.32. The highest BCUT2D eigenvalue weighted by Crippen LogP contribution is 2.30. The molecular formula is C29H34O6. The first kappa shape index (κ1) is 25.5. The molecule has 4 rings (SSSR count). The van der Waals surface area contributed by atoms with E-state index in [-0.39, 0.29) is 6.10 Å². The third kappa shape index (κ3) is 7.21. The number of methoxy groups -OCH3 is 2. The number of rotatable bonds is 12. The predicted octanol–water partition coefficient (Wildman–Crippen LogP) is 4.76. The number of benzene rings is 3. The van der Waals surface area contributed by atoms with Gasteiger partial charge in [-0.05, 0) is 16.7 Å². The molecule has 0 radical (unpaired) electrons.